The lowest BCUT2D eigenvalue weighted by Crippen LogP contribution is -2.60. The molecule has 2 aliphatic rings. The zero-order valence-corrected chi connectivity index (χ0v) is 21.6. The SMILES string of the molecule is Cc1cccc(C(=O)N2[C@@H](C(=O)NCCN(C)C)COC23CCN(C(=O)c2ccccc2C)CC3)c1. The first-order valence-corrected chi connectivity index (χ1v) is 12.5. The first-order chi connectivity index (χ1) is 17.2. The van der Waals surface area contributed by atoms with Gasteiger partial charge < -0.3 is 19.9 Å². The summed E-state index contributed by atoms with van der Waals surface area (Å²) < 4.78 is 6.28. The number of hydrogen-bond donors (Lipinski definition) is 1. The fraction of sp³-hybridized carbons (Fsp3) is 0.464. The van der Waals surface area contributed by atoms with E-state index in [0.717, 1.165) is 11.1 Å². The molecule has 1 spiro atoms. The largest absolute Gasteiger partial charge is 0.353 e. The number of piperidine rings is 1. The maximum Gasteiger partial charge on any atom is 0.256 e. The minimum Gasteiger partial charge on any atom is -0.353 e. The van der Waals surface area contributed by atoms with E-state index < -0.39 is 11.8 Å². The molecule has 2 saturated heterocycles. The van der Waals surface area contributed by atoms with Crippen LogP contribution in [0.2, 0.25) is 0 Å². The summed E-state index contributed by atoms with van der Waals surface area (Å²) in [6.07, 6.45) is 0.896. The number of likely N-dealkylation sites (N-methyl/N-ethyl adjacent to an activating group) is 1. The molecule has 0 radical (unpaired) electrons. The molecule has 2 aliphatic heterocycles. The van der Waals surface area contributed by atoms with Crippen molar-refractivity contribution in [2.45, 2.75) is 38.5 Å². The Labute approximate surface area is 213 Å². The molecule has 8 nitrogen and oxygen atoms in total. The third-order valence-electron chi connectivity index (χ3n) is 7.11. The fourth-order valence-corrected chi connectivity index (χ4v) is 5.05. The number of likely N-dealkylation sites (tertiary alicyclic amines) is 1. The van der Waals surface area contributed by atoms with Crippen LogP contribution in [0.5, 0.6) is 0 Å². The van der Waals surface area contributed by atoms with Crippen molar-refractivity contribution in [2.24, 2.45) is 0 Å². The first kappa shape index (κ1) is 25.9. The van der Waals surface area contributed by atoms with Crippen LogP contribution in [0.25, 0.3) is 0 Å². The van der Waals surface area contributed by atoms with Crippen LogP contribution in [0.1, 0.15) is 44.7 Å². The molecule has 2 aromatic rings. The molecular weight excluding hydrogens is 456 g/mol. The number of carbonyl (C=O) groups excluding carboxylic acids is 3. The lowest BCUT2D eigenvalue weighted by molar-refractivity contribution is -0.128. The second-order valence-corrected chi connectivity index (χ2v) is 10.0. The van der Waals surface area contributed by atoms with E-state index in [1.807, 2.05) is 80.2 Å². The zero-order valence-electron chi connectivity index (χ0n) is 21.6. The number of hydrogen-bond acceptors (Lipinski definition) is 5. The summed E-state index contributed by atoms with van der Waals surface area (Å²) in [6, 6.07) is 14.2. The summed E-state index contributed by atoms with van der Waals surface area (Å²) >= 11 is 0. The van der Waals surface area contributed by atoms with Crippen LogP contribution in [0.15, 0.2) is 48.5 Å². The monoisotopic (exact) mass is 492 g/mol. The summed E-state index contributed by atoms with van der Waals surface area (Å²) in [5, 5.41) is 2.96. The molecule has 4 rings (SSSR count). The lowest BCUT2D eigenvalue weighted by atomic mass is 9.95. The van der Waals surface area contributed by atoms with Gasteiger partial charge in [0.2, 0.25) is 5.91 Å². The number of ether oxygens (including phenoxy) is 1. The minimum absolute atomic E-state index is 0.0181. The third kappa shape index (κ3) is 5.29. The maximum absolute atomic E-state index is 13.8. The predicted molar refractivity (Wildman–Crippen MR) is 138 cm³/mol. The Hall–Kier alpha value is -3.23. The Morgan fingerprint density at radius 3 is 2.42 bits per heavy atom. The molecule has 0 aliphatic carbocycles. The molecule has 3 amide bonds. The number of aryl methyl sites for hydroxylation is 2. The van der Waals surface area contributed by atoms with Gasteiger partial charge in [-0.25, -0.2) is 0 Å². The minimum atomic E-state index is -0.924. The molecule has 2 fully saturated rings. The Balaban J connectivity index is 1.56. The molecule has 36 heavy (non-hydrogen) atoms. The zero-order chi connectivity index (χ0) is 25.9. The van der Waals surface area contributed by atoms with Gasteiger partial charge in [0.15, 0.2) is 0 Å². The molecule has 1 N–H and O–H groups in total. The Kier molecular flexibility index (Phi) is 7.76. The molecular formula is C28H36N4O4. The van der Waals surface area contributed by atoms with Crippen LogP contribution in [0.4, 0.5) is 0 Å². The van der Waals surface area contributed by atoms with Crippen molar-refractivity contribution < 1.29 is 19.1 Å². The van der Waals surface area contributed by atoms with E-state index in [2.05, 4.69) is 5.32 Å². The highest BCUT2D eigenvalue weighted by atomic mass is 16.5. The van der Waals surface area contributed by atoms with Crippen molar-refractivity contribution in [2.75, 3.05) is 46.9 Å². The normalized spacial score (nSPS) is 19.1. The van der Waals surface area contributed by atoms with Gasteiger partial charge >= 0.3 is 0 Å². The summed E-state index contributed by atoms with van der Waals surface area (Å²) in [5.74, 6) is -0.453. The third-order valence-corrected chi connectivity index (χ3v) is 7.11. The van der Waals surface area contributed by atoms with Gasteiger partial charge in [-0.15, -0.1) is 0 Å². The van der Waals surface area contributed by atoms with E-state index in [0.29, 0.717) is 50.1 Å². The Bertz CT molecular complexity index is 1120. The number of carbonyl (C=O) groups is 3. The molecule has 0 aromatic heterocycles. The molecule has 2 heterocycles. The van der Waals surface area contributed by atoms with Crippen LogP contribution in [-0.4, -0.2) is 91.1 Å². The second-order valence-electron chi connectivity index (χ2n) is 10.0. The maximum atomic E-state index is 13.8. The molecule has 1 atom stereocenters. The van der Waals surface area contributed by atoms with Crippen LogP contribution in [0, 0.1) is 13.8 Å². The van der Waals surface area contributed by atoms with Crippen molar-refractivity contribution in [1.29, 1.82) is 0 Å². The average Bonchev–Trinajstić information content (AvgIpc) is 3.22. The molecule has 2 aromatic carbocycles. The summed E-state index contributed by atoms with van der Waals surface area (Å²) in [6.45, 7) is 6.08. The average molecular weight is 493 g/mol. The first-order valence-electron chi connectivity index (χ1n) is 12.5. The van der Waals surface area contributed by atoms with Gasteiger partial charge in [0.1, 0.15) is 11.8 Å². The van der Waals surface area contributed by atoms with E-state index in [4.69, 9.17) is 4.74 Å². The smallest absolute Gasteiger partial charge is 0.256 e. The summed E-state index contributed by atoms with van der Waals surface area (Å²) in [4.78, 5) is 45.6. The molecule has 192 valence electrons. The second kappa shape index (κ2) is 10.8. The van der Waals surface area contributed by atoms with Gasteiger partial charge in [0, 0.05) is 50.1 Å². The van der Waals surface area contributed by atoms with Gasteiger partial charge in [0.25, 0.3) is 11.8 Å². The number of nitrogens with zero attached hydrogens (tertiary/aromatic N) is 3. The Morgan fingerprint density at radius 2 is 1.75 bits per heavy atom. The van der Waals surface area contributed by atoms with E-state index in [1.165, 1.54) is 0 Å². The fourth-order valence-electron chi connectivity index (χ4n) is 5.05. The molecule has 0 bridgehead atoms. The number of benzene rings is 2. The summed E-state index contributed by atoms with van der Waals surface area (Å²) in [7, 11) is 3.89. The van der Waals surface area contributed by atoms with Gasteiger partial charge in [-0.1, -0.05) is 35.9 Å². The molecule has 0 unspecified atom stereocenters. The Morgan fingerprint density at radius 1 is 1.03 bits per heavy atom. The van der Waals surface area contributed by atoms with Crippen LogP contribution in [-0.2, 0) is 9.53 Å². The number of amides is 3. The topological polar surface area (TPSA) is 82.2 Å². The highest BCUT2D eigenvalue weighted by Crippen LogP contribution is 2.39. The van der Waals surface area contributed by atoms with Gasteiger partial charge in [-0.3, -0.25) is 19.3 Å². The predicted octanol–water partition coefficient (Wildman–Crippen LogP) is 2.45. The van der Waals surface area contributed by atoms with Crippen LogP contribution in [0.3, 0.4) is 0 Å². The van der Waals surface area contributed by atoms with Crippen LogP contribution < -0.4 is 5.32 Å². The van der Waals surface area contributed by atoms with Crippen LogP contribution >= 0.6 is 0 Å². The number of rotatable bonds is 6. The summed E-state index contributed by atoms with van der Waals surface area (Å²) in [5.41, 5.74) is 2.20. The molecule has 8 heteroatoms. The molecule has 0 saturated carbocycles. The van der Waals surface area contributed by atoms with Crippen molar-refractivity contribution in [3.63, 3.8) is 0 Å². The van der Waals surface area contributed by atoms with Crippen molar-refractivity contribution in [1.82, 2.24) is 20.0 Å². The van der Waals surface area contributed by atoms with E-state index >= 15 is 0 Å². The number of nitrogens with one attached hydrogen (secondary N) is 1. The van der Waals surface area contributed by atoms with E-state index in [9.17, 15) is 14.4 Å². The van der Waals surface area contributed by atoms with Crippen molar-refractivity contribution in [3.05, 3.63) is 70.8 Å². The highest BCUT2D eigenvalue weighted by Gasteiger charge is 2.54. The van der Waals surface area contributed by atoms with E-state index in [-0.39, 0.29) is 24.3 Å². The quantitative estimate of drug-likeness (QED) is 0.670. The lowest BCUT2D eigenvalue weighted by Gasteiger charge is -2.44. The van der Waals surface area contributed by atoms with Gasteiger partial charge in [-0.05, 0) is 51.7 Å². The van der Waals surface area contributed by atoms with E-state index in [1.54, 1.807) is 11.0 Å². The van der Waals surface area contributed by atoms with Crippen molar-refractivity contribution in [3.8, 4) is 0 Å². The highest BCUT2D eigenvalue weighted by molar-refractivity contribution is 5.99. The van der Waals surface area contributed by atoms with Gasteiger partial charge in [0.05, 0.1) is 6.61 Å². The van der Waals surface area contributed by atoms with Gasteiger partial charge in [-0.2, -0.15) is 0 Å². The standard InChI is InChI=1S/C28H36N4O4/c1-20-8-7-10-22(18-20)26(34)32-24(25(33)29-14-17-30(3)4)19-36-28(32)12-15-31(16-13-28)27(35)23-11-6-5-9-21(23)2/h5-11,18,24H,12-17,19H2,1-4H3,(H,29,33)/t24-/m1/s1. The van der Waals surface area contributed by atoms with Crippen molar-refractivity contribution >= 4 is 17.7 Å².